The van der Waals surface area contributed by atoms with E-state index in [9.17, 15) is 4.79 Å². The molecule has 1 aromatic heterocycles. The standard InChI is InChI=1S/C11H18N4O/c1-8-4-3-5-9(12-8)11(16)13-10-6-7-15(2)14-10/h6-9,12H,3-5H2,1-2H3,(H,13,14,16). The van der Waals surface area contributed by atoms with Crippen molar-refractivity contribution in [3.63, 3.8) is 0 Å². The molecular formula is C11H18N4O. The number of aromatic nitrogens is 2. The van der Waals surface area contributed by atoms with E-state index in [1.54, 1.807) is 10.7 Å². The fraction of sp³-hybridized carbons (Fsp3) is 0.636. The first-order valence-electron chi connectivity index (χ1n) is 5.72. The second kappa shape index (κ2) is 4.65. The molecule has 0 saturated carbocycles. The Labute approximate surface area is 95.2 Å². The van der Waals surface area contributed by atoms with Crippen LogP contribution in [0, 0.1) is 0 Å². The van der Waals surface area contributed by atoms with Gasteiger partial charge in [0.05, 0.1) is 6.04 Å². The Bertz CT molecular complexity index is 374. The number of nitrogens with zero attached hydrogens (tertiary/aromatic N) is 2. The lowest BCUT2D eigenvalue weighted by Gasteiger charge is -2.27. The van der Waals surface area contributed by atoms with Gasteiger partial charge in [-0.1, -0.05) is 0 Å². The van der Waals surface area contributed by atoms with E-state index >= 15 is 0 Å². The van der Waals surface area contributed by atoms with E-state index in [0.29, 0.717) is 11.9 Å². The molecule has 1 saturated heterocycles. The highest BCUT2D eigenvalue weighted by molar-refractivity contribution is 5.94. The number of nitrogens with one attached hydrogen (secondary N) is 2. The minimum Gasteiger partial charge on any atom is -0.308 e. The van der Waals surface area contributed by atoms with Gasteiger partial charge in [-0.3, -0.25) is 9.48 Å². The van der Waals surface area contributed by atoms with Crippen LogP contribution in [0.5, 0.6) is 0 Å². The number of hydrogen-bond donors (Lipinski definition) is 2. The Morgan fingerprint density at radius 2 is 2.44 bits per heavy atom. The van der Waals surface area contributed by atoms with Crippen LogP contribution >= 0.6 is 0 Å². The quantitative estimate of drug-likeness (QED) is 0.781. The van der Waals surface area contributed by atoms with Gasteiger partial charge >= 0.3 is 0 Å². The zero-order chi connectivity index (χ0) is 11.5. The summed E-state index contributed by atoms with van der Waals surface area (Å²) in [7, 11) is 1.83. The van der Waals surface area contributed by atoms with Gasteiger partial charge < -0.3 is 10.6 Å². The first-order chi connectivity index (χ1) is 7.65. The molecule has 88 valence electrons. The molecule has 0 radical (unpaired) electrons. The number of amides is 1. The van der Waals surface area contributed by atoms with Crippen molar-refractivity contribution in [1.29, 1.82) is 0 Å². The molecule has 1 aromatic rings. The fourth-order valence-electron chi connectivity index (χ4n) is 2.04. The molecule has 0 aliphatic carbocycles. The van der Waals surface area contributed by atoms with Crippen molar-refractivity contribution >= 4 is 11.7 Å². The van der Waals surface area contributed by atoms with Gasteiger partial charge in [0, 0.05) is 25.4 Å². The molecule has 16 heavy (non-hydrogen) atoms. The largest absolute Gasteiger partial charge is 0.308 e. The predicted molar refractivity (Wildman–Crippen MR) is 62.1 cm³/mol. The van der Waals surface area contributed by atoms with Gasteiger partial charge in [-0.15, -0.1) is 0 Å². The molecule has 1 amide bonds. The van der Waals surface area contributed by atoms with E-state index in [0.717, 1.165) is 19.3 Å². The van der Waals surface area contributed by atoms with Crippen molar-refractivity contribution in [3.05, 3.63) is 12.3 Å². The zero-order valence-electron chi connectivity index (χ0n) is 9.73. The van der Waals surface area contributed by atoms with Crippen LogP contribution in [0.1, 0.15) is 26.2 Å². The molecule has 0 aromatic carbocycles. The topological polar surface area (TPSA) is 59.0 Å². The number of carbonyl (C=O) groups excluding carboxylic acids is 1. The lowest BCUT2D eigenvalue weighted by atomic mass is 9.99. The van der Waals surface area contributed by atoms with Crippen molar-refractivity contribution in [3.8, 4) is 0 Å². The third-order valence-electron chi connectivity index (χ3n) is 2.90. The number of hydrogen-bond acceptors (Lipinski definition) is 3. The molecule has 1 fully saturated rings. The molecule has 5 heteroatoms. The van der Waals surface area contributed by atoms with Crippen LogP contribution in [0.3, 0.4) is 0 Å². The minimum atomic E-state index is -0.0780. The maximum Gasteiger partial charge on any atom is 0.242 e. The molecule has 1 aliphatic heterocycles. The molecule has 0 spiro atoms. The van der Waals surface area contributed by atoms with Gasteiger partial charge in [0.2, 0.25) is 5.91 Å². The van der Waals surface area contributed by atoms with Gasteiger partial charge in [0.15, 0.2) is 5.82 Å². The maximum absolute atomic E-state index is 11.9. The Kier molecular flexibility index (Phi) is 3.24. The molecule has 2 heterocycles. The normalized spacial score (nSPS) is 25.4. The van der Waals surface area contributed by atoms with Crippen molar-refractivity contribution in [2.75, 3.05) is 5.32 Å². The Hall–Kier alpha value is -1.36. The second-order valence-electron chi connectivity index (χ2n) is 4.42. The van der Waals surface area contributed by atoms with Crippen LogP contribution in [0.25, 0.3) is 0 Å². The summed E-state index contributed by atoms with van der Waals surface area (Å²) in [4.78, 5) is 11.9. The van der Waals surface area contributed by atoms with Gasteiger partial charge in [-0.05, 0) is 26.2 Å². The van der Waals surface area contributed by atoms with E-state index in [2.05, 4.69) is 22.7 Å². The minimum absolute atomic E-state index is 0.0188. The van der Waals surface area contributed by atoms with Crippen molar-refractivity contribution in [2.24, 2.45) is 7.05 Å². The van der Waals surface area contributed by atoms with Gasteiger partial charge in [0.25, 0.3) is 0 Å². The Morgan fingerprint density at radius 3 is 3.06 bits per heavy atom. The molecular weight excluding hydrogens is 204 g/mol. The molecule has 2 N–H and O–H groups in total. The van der Waals surface area contributed by atoms with E-state index in [4.69, 9.17) is 0 Å². The molecule has 2 atom stereocenters. The molecule has 1 aliphatic rings. The highest BCUT2D eigenvalue weighted by Gasteiger charge is 2.24. The van der Waals surface area contributed by atoms with Crippen molar-refractivity contribution in [1.82, 2.24) is 15.1 Å². The molecule has 5 nitrogen and oxygen atoms in total. The summed E-state index contributed by atoms with van der Waals surface area (Å²) in [5.41, 5.74) is 0. The van der Waals surface area contributed by atoms with Crippen molar-refractivity contribution < 1.29 is 4.79 Å². The van der Waals surface area contributed by atoms with E-state index in [-0.39, 0.29) is 11.9 Å². The van der Waals surface area contributed by atoms with Crippen LogP contribution in [0.15, 0.2) is 12.3 Å². The predicted octanol–water partition coefficient (Wildman–Crippen LogP) is 0.889. The molecule has 0 bridgehead atoms. The zero-order valence-corrected chi connectivity index (χ0v) is 9.73. The van der Waals surface area contributed by atoms with E-state index in [1.807, 2.05) is 13.2 Å². The van der Waals surface area contributed by atoms with Crippen molar-refractivity contribution in [2.45, 2.75) is 38.3 Å². The summed E-state index contributed by atoms with van der Waals surface area (Å²) in [6, 6.07) is 2.14. The lowest BCUT2D eigenvalue weighted by Crippen LogP contribution is -2.47. The van der Waals surface area contributed by atoms with Gasteiger partial charge in [-0.25, -0.2) is 0 Å². The Morgan fingerprint density at radius 1 is 1.62 bits per heavy atom. The fourth-order valence-corrected chi connectivity index (χ4v) is 2.04. The van der Waals surface area contributed by atoms with E-state index < -0.39 is 0 Å². The van der Waals surface area contributed by atoms with Crippen LogP contribution in [-0.2, 0) is 11.8 Å². The van der Waals surface area contributed by atoms with Crippen LogP contribution in [0.2, 0.25) is 0 Å². The second-order valence-corrected chi connectivity index (χ2v) is 4.42. The molecule has 2 unspecified atom stereocenters. The number of carbonyl (C=O) groups is 1. The summed E-state index contributed by atoms with van der Waals surface area (Å²) >= 11 is 0. The number of piperidine rings is 1. The third kappa shape index (κ3) is 2.61. The smallest absolute Gasteiger partial charge is 0.242 e. The summed E-state index contributed by atoms with van der Waals surface area (Å²) in [5.74, 6) is 0.637. The number of anilines is 1. The average Bonchev–Trinajstić information content (AvgIpc) is 2.64. The monoisotopic (exact) mass is 222 g/mol. The van der Waals surface area contributed by atoms with Crippen LogP contribution in [-0.4, -0.2) is 27.8 Å². The Balaban J connectivity index is 1.92. The number of aryl methyl sites for hydroxylation is 1. The summed E-state index contributed by atoms with van der Waals surface area (Å²) in [6.07, 6.45) is 4.97. The van der Waals surface area contributed by atoms with Gasteiger partial charge in [0.1, 0.15) is 0 Å². The number of rotatable bonds is 2. The average molecular weight is 222 g/mol. The highest BCUT2D eigenvalue weighted by atomic mass is 16.2. The van der Waals surface area contributed by atoms with Crippen LogP contribution in [0.4, 0.5) is 5.82 Å². The summed E-state index contributed by atoms with van der Waals surface area (Å²) in [5, 5.41) is 10.2. The first-order valence-corrected chi connectivity index (χ1v) is 5.72. The first kappa shape index (κ1) is 11.1. The van der Waals surface area contributed by atoms with E-state index in [1.165, 1.54) is 0 Å². The molecule has 2 rings (SSSR count). The SMILES string of the molecule is CC1CCCC(C(=O)Nc2ccn(C)n2)N1. The summed E-state index contributed by atoms with van der Waals surface area (Å²) in [6.45, 7) is 2.11. The summed E-state index contributed by atoms with van der Waals surface area (Å²) < 4.78 is 1.67. The van der Waals surface area contributed by atoms with Gasteiger partial charge in [-0.2, -0.15) is 5.10 Å². The third-order valence-corrected chi connectivity index (χ3v) is 2.90. The lowest BCUT2D eigenvalue weighted by molar-refractivity contribution is -0.118. The highest BCUT2D eigenvalue weighted by Crippen LogP contribution is 2.13. The maximum atomic E-state index is 11.9. The van der Waals surface area contributed by atoms with Crippen LogP contribution < -0.4 is 10.6 Å².